The van der Waals surface area contributed by atoms with Crippen molar-refractivity contribution in [3.63, 3.8) is 0 Å². The number of carbonyl (C=O) groups excluding carboxylic acids is 1. The molecule has 1 heterocycles. The highest BCUT2D eigenvalue weighted by Gasteiger charge is 2.11. The molecule has 5 nitrogen and oxygen atoms in total. The van der Waals surface area contributed by atoms with E-state index in [1.54, 1.807) is 13.2 Å². The summed E-state index contributed by atoms with van der Waals surface area (Å²) in [7, 11) is 1.58. The number of methoxy groups -OCH3 is 1. The van der Waals surface area contributed by atoms with Crippen LogP contribution in [0.2, 0.25) is 0 Å². The van der Waals surface area contributed by atoms with E-state index >= 15 is 0 Å². The Morgan fingerprint density at radius 2 is 2.10 bits per heavy atom. The van der Waals surface area contributed by atoms with Crippen LogP contribution in [-0.2, 0) is 4.79 Å². The van der Waals surface area contributed by atoms with Crippen LogP contribution in [0.3, 0.4) is 0 Å². The van der Waals surface area contributed by atoms with Crippen molar-refractivity contribution < 1.29 is 14.3 Å². The molecule has 29 heavy (non-hydrogen) atoms. The molecule has 0 spiro atoms. The van der Waals surface area contributed by atoms with E-state index < -0.39 is 0 Å². The molecule has 0 aliphatic rings. The molecule has 8 heteroatoms. The lowest BCUT2D eigenvalue weighted by Gasteiger charge is -2.12. The van der Waals surface area contributed by atoms with Crippen LogP contribution in [0, 0.1) is 0 Å². The van der Waals surface area contributed by atoms with E-state index in [1.807, 2.05) is 48.7 Å². The monoisotopic (exact) mass is 536 g/mol. The van der Waals surface area contributed by atoms with Gasteiger partial charge in [0, 0.05) is 21.5 Å². The van der Waals surface area contributed by atoms with E-state index in [0.29, 0.717) is 23.2 Å². The van der Waals surface area contributed by atoms with Crippen LogP contribution in [0.15, 0.2) is 56.8 Å². The van der Waals surface area contributed by atoms with Gasteiger partial charge in [-0.05, 0) is 58.8 Å². The molecule has 0 aliphatic carbocycles. The zero-order chi connectivity index (χ0) is 20.8. The summed E-state index contributed by atoms with van der Waals surface area (Å²) in [4.78, 5) is 16.8. The Morgan fingerprint density at radius 3 is 2.83 bits per heavy atom. The maximum Gasteiger partial charge on any atom is 0.250 e. The van der Waals surface area contributed by atoms with Crippen LogP contribution >= 0.6 is 43.2 Å². The van der Waals surface area contributed by atoms with E-state index in [0.717, 1.165) is 25.8 Å². The summed E-state index contributed by atoms with van der Waals surface area (Å²) in [6.07, 6.45) is 3.17. The van der Waals surface area contributed by atoms with Crippen molar-refractivity contribution >= 4 is 60.3 Å². The Kier molecular flexibility index (Phi) is 7.46. The molecule has 0 saturated heterocycles. The zero-order valence-corrected chi connectivity index (χ0v) is 19.7. The highest BCUT2D eigenvalue weighted by Crippen LogP contribution is 2.37. The maximum atomic E-state index is 12.3. The van der Waals surface area contributed by atoms with Crippen LogP contribution in [0.1, 0.15) is 12.5 Å². The van der Waals surface area contributed by atoms with Gasteiger partial charge in [0.25, 0.3) is 0 Å². The number of nitrogens with one attached hydrogen (secondary N) is 1. The van der Waals surface area contributed by atoms with Crippen molar-refractivity contribution in [2.24, 2.45) is 0 Å². The van der Waals surface area contributed by atoms with Crippen molar-refractivity contribution in [3.05, 3.63) is 62.4 Å². The molecular weight excluding hydrogens is 520 g/mol. The fourth-order valence-corrected chi connectivity index (χ4v) is 4.25. The minimum Gasteiger partial charge on any atom is -0.493 e. The number of aromatic nitrogens is 1. The first-order valence-electron chi connectivity index (χ1n) is 8.71. The first-order chi connectivity index (χ1) is 14.0. The van der Waals surface area contributed by atoms with Gasteiger partial charge in [-0.3, -0.25) is 10.1 Å². The predicted molar refractivity (Wildman–Crippen MR) is 125 cm³/mol. The van der Waals surface area contributed by atoms with Crippen LogP contribution in [0.5, 0.6) is 11.5 Å². The van der Waals surface area contributed by atoms with Gasteiger partial charge < -0.3 is 9.47 Å². The Bertz CT molecular complexity index is 1050. The van der Waals surface area contributed by atoms with Crippen molar-refractivity contribution in [2.75, 3.05) is 19.0 Å². The van der Waals surface area contributed by atoms with E-state index in [2.05, 4.69) is 42.2 Å². The van der Waals surface area contributed by atoms with Crippen molar-refractivity contribution in [3.8, 4) is 22.8 Å². The molecule has 0 atom stereocenters. The SMILES string of the molecule is CCOc1c(Br)cc(/C=C/C(=O)Nc2nc(-c3cccc(Br)c3)cs2)cc1OC. The lowest BCUT2D eigenvalue weighted by Crippen LogP contribution is -2.07. The second kappa shape index (κ2) is 10.0. The summed E-state index contributed by atoms with van der Waals surface area (Å²) in [5.74, 6) is 0.975. The van der Waals surface area contributed by atoms with E-state index in [-0.39, 0.29) is 5.91 Å². The molecule has 0 aliphatic heterocycles. The molecule has 0 radical (unpaired) electrons. The number of amides is 1. The normalized spacial score (nSPS) is 10.9. The molecule has 1 aromatic heterocycles. The highest BCUT2D eigenvalue weighted by molar-refractivity contribution is 9.10. The molecule has 2 aromatic carbocycles. The Balaban J connectivity index is 1.70. The summed E-state index contributed by atoms with van der Waals surface area (Å²) < 4.78 is 12.7. The van der Waals surface area contributed by atoms with E-state index in [4.69, 9.17) is 9.47 Å². The van der Waals surface area contributed by atoms with Crippen molar-refractivity contribution in [1.29, 1.82) is 0 Å². The van der Waals surface area contributed by atoms with Gasteiger partial charge in [0.15, 0.2) is 16.6 Å². The summed E-state index contributed by atoms with van der Waals surface area (Å²) in [6.45, 7) is 2.44. The van der Waals surface area contributed by atoms with E-state index in [1.165, 1.54) is 17.4 Å². The number of ether oxygens (including phenoxy) is 2. The fourth-order valence-electron chi connectivity index (χ4n) is 2.55. The fraction of sp³-hybridized carbons (Fsp3) is 0.143. The van der Waals surface area contributed by atoms with Gasteiger partial charge in [-0.15, -0.1) is 11.3 Å². The average molecular weight is 538 g/mol. The minimum absolute atomic E-state index is 0.260. The van der Waals surface area contributed by atoms with Crippen LogP contribution in [0.25, 0.3) is 17.3 Å². The average Bonchev–Trinajstić information content (AvgIpc) is 3.16. The maximum absolute atomic E-state index is 12.3. The van der Waals surface area contributed by atoms with Gasteiger partial charge in [-0.1, -0.05) is 28.1 Å². The van der Waals surface area contributed by atoms with Crippen molar-refractivity contribution in [2.45, 2.75) is 6.92 Å². The number of benzene rings is 2. The number of halogens is 2. The first-order valence-corrected chi connectivity index (χ1v) is 11.2. The summed E-state index contributed by atoms with van der Waals surface area (Å²) in [5.41, 5.74) is 2.61. The summed E-state index contributed by atoms with van der Waals surface area (Å²) in [6, 6.07) is 11.5. The molecule has 1 amide bonds. The van der Waals surface area contributed by atoms with Gasteiger partial charge in [-0.25, -0.2) is 4.98 Å². The van der Waals surface area contributed by atoms with Crippen LogP contribution in [-0.4, -0.2) is 24.6 Å². The van der Waals surface area contributed by atoms with Gasteiger partial charge in [0.05, 0.1) is 23.9 Å². The highest BCUT2D eigenvalue weighted by atomic mass is 79.9. The topological polar surface area (TPSA) is 60.5 Å². The third kappa shape index (κ3) is 5.68. The lowest BCUT2D eigenvalue weighted by atomic mass is 10.2. The molecule has 0 fully saturated rings. The lowest BCUT2D eigenvalue weighted by molar-refractivity contribution is -0.111. The minimum atomic E-state index is -0.260. The Morgan fingerprint density at radius 1 is 1.28 bits per heavy atom. The second-order valence-electron chi connectivity index (χ2n) is 5.84. The summed E-state index contributed by atoms with van der Waals surface area (Å²) >= 11 is 8.31. The van der Waals surface area contributed by atoms with Gasteiger partial charge in [0.1, 0.15) is 0 Å². The first kappa shape index (κ1) is 21.5. The van der Waals surface area contributed by atoms with E-state index in [9.17, 15) is 4.79 Å². The van der Waals surface area contributed by atoms with Crippen LogP contribution in [0.4, 0.5) is 5.13 Å². The molecule has 0 unspecified atom stereocenters. The van der Waals surface area contributed by atoms with Crippen molar-refractivity contribution in [1.82, 2.24) is 4.98 Å². The summed E-state index contributed by atoms with van der Waals surface area (Å²) in [5, 5.41) is 5.25. The standard InChI is InChI=1S/C21H18Br2N2O3S/c1-3-28-20-16(23)9-13(10-18(20)27-2)7-8-19(26)25-21-24-17(12-29-21)14-5-4-6-15(22)11-14/h4-12H,3H2,1-2H3,(H,24,25,26)/b8-7+. The third-order valence-electron chi connectivity index (χ3n) is 3.82. The Hall–Kier alpha value is -2.16. The number of nitrogens with zero attached hydrogens (tertiary/aromatic N) is 1. The molecule has 0 saturated carbocycles. The number of carbonyl (C=O) groups is 1. The van der Waals surface area contributed by atoms with Gasteiger partial charge in [0.2, 0.25) is 5.91 Å². The molecule has 150 valence electrons. The molecule has 3 aromatic rings. The molecular formula is C21H18Br2N2O3S. The number of hydrogen-bond acceptors (Lipinski definition) is 5. The largest absolute Gasteiger partial charge is 0.493 e. The zero-order valence-electron chi connectivity index (χ0n) is 15.7. The third-order valence-corrected chi connectivity index (χ3v) is 5.66. The predicted octanol–water partition coefficient (Wildman–Crippen LogP) is 6.39. The second-order valence-corrected chi connectivity index (χ2v) is 8.47. The number of thiazole rings is 1. The van der Waals surface area contributed by atoms with Gasteiger partial charge >= 0.3 is 0 Å². The van der Waals surface area contributed by atoms with Crippen LogP contribution < -0.4 is 14.8 Å². The smallest absolute Gasteiger partial charge is 0.250 e. The molecule has 0 bridgehead atoms. The molecule has 3 rings (SSSR count). The molecule has 1 N–H and O–H groups in total. The number of hydrogen-bond donors (Lipinski definition) is 1. The quantitative estimate of drug-likeness (QED) is 0.354. The Labute approximate surface area is 190 Å². The number of anilines is 1. The number of rotatable bonds is 7. The van der Waals surface area contributed by atoms with Gasteiger partial charge in [-0.2, -0.15) is 0 Å².